The monoisotopic (exact) mass is 441 g/mol. The molecule has 6 heteroatoms. The second-order valence-electron chi connectivity index (χ2n) is 8.57. The summed E-state index contributed by atoms with van der Waals surface area (Å²) in [6.45, 7) is 4.71. The van der Waals surface area contributed by atoms with Gasteiger partial charge < -0.3 is 15.2 Å². The Balaban J connectivity index is 4.06. The summed E-state index contributed by atoms with van der Waals surface area (Å²) in [5.41, 5.74) is 0. The van der Waals surface area contributed by atoms with E-state index < -0.39 is 18.0 Å². The normalized spacial score (nSPS) is 11.8. The van der Waals surface area contributed by atoms with Crippen LogP contribution in [0.1, 0.15) is 129 Å². The Morgan fingerprint density at radius 3 is 1.71 bits per heavy atom. The van der Waals surface area contributed by atoms with E-state index in [-0.39, 0.29) is 18.7 Å². The number of esters is 1. The molecule has 0 aromatic carbocycles. The highest BCUT2D eigenvalue weighted by molar-refractivity contribution is 5.84. The highest BCUT2D eigenvalue weighted by Crippen LogP contribution is 2.11. The number of ether oxygens (including phenoxy) is 1. The summed E-state index contributed by atoms with van der Waals surface area (Å²) in [5.74, 6) is -1.70. The molecule has 182 valence electrons. The molecule has 0 radical (unpaired) electrons. The van der Waals surface area contributed by atoms with Crippen molar-refractivity contribution in [1.29, 1.82) is 0 Å². The third-order valence-electron chi connectivity index (χ3n) is 5.52. The van der Waals surface area contributed by atoms with Crippen LogP contribution in [0.5, 0.6) is 0 Å². The molecule has 0 spiro atoms. The van der Waals surface area contributed by atoms with Crippen molar-refractivity contribution in [3.8, 4) is 0 Å². The van der Waals surface area contributed by atoms with E-state index in [1.807, 2.05) is 0 Å². The minimum Gasteiger partial charge on any atom is -0.481 e. The molecule has 0 aromatic rings. The Labute approximate surface area is 189 Å². The average Bonchev–Trinajstić information content (AvgIpc) is 2.74. The lowest BCUT2D eigenvalue weighted by atomic mass is 10.1. The van der Waals surface area contributed by atoms with Crippen molar-refractivity contribution in [3.05, 3.63) is 0 Å². The molecule has 0 rings (SSSR count). The zero-order valence-corrected chi connectivity index (χ0v) is 20.1. The molecule has 0 aliphatic heterocycles. The van der Waals surface area contributed by atoms with E-state index in [1.54, 1.807) is 0 Å². The Morgan fingerprint density at radius 1 is 0.710 bits per heavy atom. The number of hydrogen-bond acceptors (Lipinski definition) is 4. The van der Waals surface area contributed by atoms with Gasteiger partial charge >= 0.3 is 11.9 Å². The molecule has 0 fully saturated rings. The predicted octanol–water partition coefficient (Wildman–Crippen LogP) is 6.16. The quantitative estimate of drug-likeness (QED) is 0.155. The lowest BCUT2D eigenvalue weighted by Gasteiger charge is -2.17. The summed E-state index contributed by atoms with van der Waals surface area (Å²) in [4.78, 5) is 35.4. The maximum atomic E-state index is 12.3. The van der Waals surface area contributed by atoms with Crippen LogP contribution in [0.3, 0.4) is 0 Å². The Kier molecular flexibility index (Phi) is 20.5. The van der Waals surface area contributed by atoms with Gasteiger partial charge in [0.05, 0.1) is 6.61 Å². The van der Waals surface area contributed by atoms with Crippen molar-refractivity contribution < 1.29 is 24.2 Å². The van der Waals surface area contributed by atoms with Gasteiger partial charge in [0.25, 0.3) is 0 Å². The fourth-order valence-electron chi connectivity index (χ4n) is 3.54. The molecule has 6 nitrogen and oxygen atoms in total. The molecular formula is C25H47NO5. The van der Waals surface area contributed by atoms with E-state index in [4.69, 9.17) is 9.84 Å². The van der Waals surface area contributed by atoms with Crippen molar-refractivity contribution in [2.45, 2.75) is 135 Å². The third-order valence-corrected chi connectivity index (χ3v) is 5.52. The van der Waals surface area contributed by atoms with Crippen LogP contribution >= 0.6 is 0 Å². The smallest absolute Gasteiger partial charge is 0.328 e. The van der Waals surface area contributed by atoms with Gasteiger partial charge in [-0.3, -0.25) is 9.59 Å². The second kappa shape index (κ2) is 21.6. The minimum absolute atomic E-state index is 0.0637. The molecule has 1 atom stereocenters. The number of amides is 1. The number of carbonyl (C=O) groups is 3. The van der Waals surface area contributed by atoms with Gasteiger partial charge in [-0.2, -0.15) is 0 Å². The number of carboxylic acid groups (broad SMARTS) is 1. The fraction of sp³-hybridized carbons (Fsp3) is 0.880. The van der Waals surface area contributed by atoms with Gasteiger partial charge in [-0.1, -0.05) is 97.3 Å². The van der Waals surface area contributed by atoms with Gasteiger partial charge in [-0.25, -0.2) is 4.79 Å². The summed E-state index contributed by atoms with van der Waals surface area (Å²) in [6, 6.07) is -0.873. The summed E-state index contributed by atoms with van der Waals surface area (Å²) < 4.78 is 5.30. The third kappa shape index (κ3) is 20.1. The number of carboxylic acids is 1. The van der Waals surface area contributed by atoms with Crippen LogP contribution in [0.4, 0.5) is 0 Å². The van der Waals surface area contributed by atoms with E-state index in [9.17, 15) is 14.4 Å². The van der Waals surface area contributed by atoms with E-state index in [0.717, 1.165) is 38.5 Å². The van der Waals surface area contributed by atoms with Gasteiger partial charge in [0, 0.05) is 12.8 Å². The van der Waals surface area contributed by atoms with Crippen molar-refractivity contribution in [2.24, 2.45) is 0 Å². The molecule has 0 saturated carbocycles. The average molecular weight is 442 g/mol. The van der Waals surface area contributed by atoms with Crippen LogP contribution in [0.2, 0.25) is 0 Å². The van der Waals surface area contributed by atoms with Gasteiger partial charge in [0.2, 0.25) is 5.91 Å². The minimum atomic E-state index is -0.984. The van der Waals surface area contributed by atoms with Gasteiger partial charge in [-0.05, 0) is 19.3 Å². The lowest BCUT2D eigenvalue weighted by molar-refractivity contribution is -0.148. The van der Waals surface area contributed by atoms with E-state index in [1.165, 1.54) is 57.8 Å². The number of hydrogen-bond donors (Lipinski definition) is 2. The van der Waals surface area contributed by atoms with Crippen molar-refractivity contribution in [3.63, 3.8) is 0 Å². The predicted molar refractivity (Wildman–Crippen MR) is 125 cm³/mol. The molecule has 1 amide bonds. The zero-order valence-electron chi connectivity index (χ0n) is 20.1. The maximum absolute atomic E-state index is 12.3. The molecule has 0 saturated heterocycles. The van der Waals surface area contributed by atoms with Crippen LogP contribution in [0.15, 0.2) is 0 Å². The molecular weight excluding hydrogens is 394 g/mol. The van der Waals surface area contributed by atoms with Gasteiger partial charge in [0.15, 0.2) is 0 Å². The van der Waals surface area contributed by atoms with Crippen LogP contribution in [-0.4, -0.2) is 35.6 Å². The van der Waals surface area contributed by atoms with Gasteiger partial charge in [0.1, 0.15) is 6.04 Å². The van der Waals surface area contributed by atoms with Gasteiger partial charge in [-0.15, -0.1) is 0 Å². The fourth-order valence-corrected chi connectivity index (χ4v) is 3.54. The maximum Gasteiger partial charge on any atom is 0.328 e. The Hall–Kier alpha value is -1.59. The Bertz CT molecular complexity index is 467. The van der Waals surface area contributed by atoms with E-state index >= 15 is 0 Å². The first kappa shape index (κ1) is 29.4. The summed E-state index contributed by atoms with van der Waals surface area (Å²) in [5, 5.41) is 11.6. The highest BCUT2D eigenvalue weighted by atomic mass is 16.5. The summed E-state index contributed by atoms with van der Waals surface area (Å²) >= 11 is 0. The van der Waals surface area contributed by atoms with Crippen LogP contribution in [0, 0.1) is 0 Å². The van der Waals surface area contributed by atoms with Crippen molar-refractivity contribution in [1.82, 2.24) is 5.32 Å². The van der Waals surface area contributed by atoms with Crippen LogP contribution in [0.25, 0.3) is 0 Å². The first-order valence-corrected chi connectivity index (χ1v) is 12.7. The molecule has 0 aromatic heterocycles. The number of unbranched alkanes of at least 4 members (excludes halogenated alkanes) is 13. The molecule has 2 N–H and O–H groups in total. The molecule has 0 heterocycles. The SMILES string of the molecule is CCCCCCCCCCCC(=O)N[C@@H](CCC(=O)O)C(=O)OCCCCCCCC. The largest absolute Gasteiger partial charge is 0.481 e. The van der Waals surface area contributed by atoms with Crippen LogP contribution < -0.4 is 5.32 Å². The zero-order chi connectivity index (χ0) is 23.2. The van der Waals surface area contributed by atoms with Crippen molar-refractivity contribution in [2.75, 3.05) is 6.61 Å². The molecule has 0 unspecified atom stereocenters. The molecule has 31 heavy (non-hydrogen) atoms. The Morgan fingerprint density at radius 2 is 1.19 bits per heavy atom. The lowest BCUT2D eigenvalue weighted by Crippen LogP contribution is -2.42. The first-order chi connectivity index (χ1) is 15.0. The number of carbonyl (C=O) groups excluding carboxylic acids is 2. The first-order valence-electron chi connectivity index (χ1n) is 12.7. The molecule has 0 aliphatic rings. The van der Waals surface area contributed by atoms with E-state index in [0.29, 0.717) is 13.0 Å². The summed E-state index contributed by atoms with van der Waals surface area (Å²) in [6.07, 6.45) is 17.4. The van der Waals surface area contributed by atoms with Crippen molar-refractivity contribution >= 4 is 17.8 Å². The van der Waals surface area contributed by atoms with E-state index in [2.05, 4.69) is 19.2 Å². The molecule has 0 bridgehead atoms. The second-order valence-corrected chi connectivity index (χ2v) is 8.57. The van der Waals surface area contributed by atoms with Crippen LogP contribution in [-0.2, 0) is 19.1 Å². The molecule has 0 aliphatic carbocycles. The standard InChI is InChI=1S/C25H47NO5/c1-3-5-7-9-11-12-13-14-16-18-23(27)26-22(19-20-24(28)29)25(30)31-21-17-15-10-8-6-4-2/h22H,3-21H2,1-2H3,(H,26,27)(H,28,29)/t22-/m0/s1. The number of nitrogens with one attached hydrogen (secondary N) is 1. The topological polar surface area (TPSA) is 92.7 Å². The summed E-state index contributed by atoms with van der Waals surface area (Å²) in [7, 11) is 0. The number of rotatable bonds is 22. The number of aliphatic carboxylic acids is 1. The highest BCUT2D eigenvalue weighted by Gasteiger charge is 2.23.